The Labute approximate surface area is 98.5 Å². The summed E-state index contributed by atoms with van der Waals surface area (Å²) in [5.41, 5.74) is 1.07. The first-order chi connectivity index (χ1) is 7.81. The highest BCUT2D eigenvalue weighted by atomic mass is 32.1. The third-order valence-electron chi connectivity index (χ3n) is 2.78. The summed E-state index contributed by atoms with van der Waals surface area (Å²) in [4.78, 5) is 4.44. The molecule has 0 amide bonds. The average molecular weight is 234 g/mol. The maximum atomic E-state index is 5.91. The number of aromatic nitrogens is 1. The predicted molar refractivity (Wildman–Crippen MR) is 66.3 cm³/mol. The Balaban J connectivity index is 1.86. The van der Waals surface area contributed by atoms with Crippen LogP contribution in [0.4, 0.5) is 0 Å². The van der Waals surface area contributed by atoms with Gasteiger partial charge in [-0.15, -0.1) is 11.3 Å². The third kappa shape index (κ3) is 1.90. The Morgan fingerprint density at radius 1 is 1.50 bits per heavy atom. The minimum Gasteiger partial charge on any atom is -0.489 e. The largest absolute Gasteiger partial charge is 0.489 e. The lowest BCUT2D eigenvalue weighted by Gasteiger charge is -2.11. The van der Waals surface area contributed by atoms with Gasteiger partial charge in [-0.05, 0) is 38.1 Å². The smallest absolute Gasteiger partial charge is 0.121 e. The number of thiazole rings is 1. The van der Waals surface area contributed by atoms with Crippen molar-refractivity contribution in [2.45, 2.75) is 19.4 Å². The molecule has 0 saturated carbocycles. The number of ether oxygens (including phenoxy) is 1. The molecule has 1 N–H and O–H groups in total. The highest BCUT2D eigenvalue weighted by Gasteiger charge is 2.16. The normalized spacial score (nSPS) is 20.4. The summed E-state index contributed by atoms with van der Waals surface area (Å²) < 4.78 is 7.12. The molecule has 3 nitrogen and oxygen atoms in total. The number of aryl methyl sites for hydroxylation is 1. The van der Waals surface area contributed by atoms with E-state index in [4.69, 9.17) is 4.74 Å². The van der Waals surface area contributed by atoms with Crippen molar-refractivity contribution in [3.05, 3.63) is 23.2 Å². The van der Waals surface area contributed by atoms with Gasteiger partial charge in [-0.1, -0.05) is 0 Å². The number of rotatable bonds is 2. The van der Waals surface area contributed by atoms with Gasteiger partial charge in [0.2, 0.25) is 0 Å². The maximum Gasteiger partial charge on any atom is 0.121 e. The molecule has 2 aromatic rings. The van der Waals surface area contributed by atoms with Crippen LogP contribution >= 0.6 is 11.3 Å². The van der Waals surface area contributed by atoms with Gasteiger partial charge in [0.1, 0.15) is 11.9 Å². The number of fused-ring (bicyclic) bond motifs is 1. The number of nitrogens with one attached hydrogen (secondary N) is 1. The topological polar surface area (TPSA) is 34.1 Å². The Kier molecular flexibility index (Phi) is 2.53. The van der Waals surface area contributed by atoms with Crippen LogP contribution < -0.4 is 10.1 Å². The van der Waals surface area contributed by atoms with E-state index < -0.39 is 0 Å². The zero-order valence-corrected chi connectivity index (χ0v) is 10.0. The lowest BCUT2D eigenvalue weighted by Crippen LogP contribution is -2.19. The van der Waals surface area contributed by atoms with E-state index in [0.717, 1.165) is 35.8 Å². The molecule has 0 spiro atoms. The first-order valence-electron chi connectivity index (χ1n) is 5.56. The number of benzene rings is 1. The van der Waals surface area contributed by atoms with E-state index in [0.29, 0.717) is 6.10 Å². The summed E-state index contributed by atoms with van der Waals surface area (Å²) in [6, 6.07) is 6.15. The zero-order chi connectivity index (χ0) is 11.0. The molecule has 1 aromatic heterocycles. The summed E-state index contributed by atoms with van der Waals surface area (Å²) in [5.74, 6) is 0.963. The zero-order valence-electron chi connectivity index (χ0n) is 9.19. The maximum absolute atomic E-state index is 5.91. The van der Waals surface area contributed by atoms with E-state index in [-0.39, 0.29) is 0 Å². The first kappa shape index (κ1) is 10.1. The van der Waals surface area contributed by atoms with Crippen LogP contribution in [0.1, 0.15) is 11.4 Å². The second-order valence-corrected chi connectivity index (χ2v) is 5.33. The van der Waals surface area contributed by atoms with Crippen molar-refractivity contribution >= 4 is 21.6 Å². The molecule has 1 unspecified atom stereocenters. The predicted octanol–water partition coefficient (Wildman–Crippen LogP) is 2.35. The quantitative estimate of drug-likeness (QED) is 0.866. The highest BCUT2D eigenvalue weighted by molar-refractivity contribution is 7.18. The SMILES string of the molecule is Cc1nc2ccc(OC3CCNC3)cc2s1. The lowest BCUT2D eigenvalue weighted by atomic mass is 10.3. The van der Waals surface area contributed by atoms with Crippen molar-refractivity contribution < 1.29 is 4.74 Å². The van der Waals surface area contributed by atoms with Crippen LogP contribution in [0.3, 0.4) is 0 Å². The van der Waals surface area contributed by atoms with Gasteiger partial charge < -0.3 is 10.1 Å². The molecule has 0 radical (unpaired) electrons. The fourth-order valence-corrected chi connectivity index (χ4v) is 2.87. The van der Waals surface area contributed by atoms with Crippen LogP contribution in [0, 0.1) is 6.92 Å². The number of hydrogen-bond acceptors (Lipinski definition) is 4. The van der Waals surface area contributed by atoms with Gasteiger partial charge in [-0.2, -0.15) is 0 Å². The lowest BCUT2D eigenvalue weighted by molar-refractivity contribution is 0.223. The van der Waals surface area contributed by atoms with Crippen LogP contribution in [0.15, 0.2) is 18.2 Å². The van der Waals surface area contributed by atoms with Crippen molar-refractivity contribution in [1.29, 1.82) is 0 Å². The second kappa shape index (κ2) is 4.03. The van der Waals surface area contributed by atoms with Gasteiger partial charge in [0.05, 0.1) is 15.2 Å². The Morgan fingerprint density at radius 2 is 2.44 bits per heavy atom. The Bertz CT molecular complexity index is 503. The molecule has 0 bridgehead atoms. The second-order valence-electron chi connectivity index (χ2n) is 4.10. The van der Waals surface area contributed by atoms with Crippen molar-refractivity contribution in [1.82, 2.24) is 10.3 Å². The van der Waals surface area contributed by atoms with Crippen LogP contribution in [0.2, 0.25) is 0 Å². The standard InChI is InChI=1S/C12H14N2OS/c1-8-14-11-3-2-9(6-12(11)16-8)15-10-4-5-13-7-10/h2-3,6,10,13H,4-5,7H2,1H3. The fraction of sp³-hybridized carbons (Fsp3) is 0.417. The van der Waals surface area contributed by atoms with E-state index in [1.807, 2.05) is 19.1 Å². The van der Waals surface area contributed by atoms with Gasteiger partial charge in [-0.25, -0.2) is 4.98 Å². The summed E-state index contributed by atoms with van der Waals surface area (Å²) in [6.07, 6.45) is 1.42. The molecule has 84 valence electrons. The van der Waals surface area contributed by atoms with E-state index in [1.54, 1.807) is 11.3 Å². The monoisotopic (exact) mass is 234 g/mol. The van der Waals surface area contributed by atoms with Crippen molar-refractivity contribution in [2.75, 3.05) is 13.1 Å². The Hall–Kier alpha value is -1.13. The molecular formula is C12H14N2OS. The van der Waals surface area contributed by atoms with Gasteiger partial charge in [0.25, 0.3) is 0 Å². The molecule has 3 rings (SSSR count). The molecule has 2 heterocycles. The molecule has 1 aliphatic heterocycles. The molecule has 16 heavy (non-hydrogen) atoms. The molecule has 1 aliphatic rings. The van der Waals surface area contributed by atoms with E-state index in [1.165, 1.54) is 4.70 Å². The van der Waals surface area contributed by atoms with E-state index in [2.05, 4.69) is 16.4 Å². The van der Waals surface area contributed by atoms with Gasteiger partial charge in [0, 0.05) is 6.54 Å². The van der Waals surface area contributed by atoms with Crippen LogP contribution in [-0.4, -0.2) is 24.2 Å². The number of nitrogens with zero attached hydrogens (tertiary/aromatic N) is 1. The minimum absolute atomic E-state index is 0.325. The molecule has 1 atom stereocenters. The van der Waals surface area contributed by atoms with Crippen LogP contribution in [0.25, 0.3) is 10.2 Å². The fourth-order valence-electron chi connectivity index (χ4n) is 2.01. The summed E-state index contributed by atoms with van der Waals surface area (Å²) in [7, 11) is 0. The van der Waals surface area contributed by atoms with Crippen LogP contribution in [0.5, 0.6) is 5.75 Å². The van der Waals surface area contributed by atoms with Gasteiger partial charge in [-0.3, -0.25) is 0 Å². The average Bonchev–Trinajstić information content (AvgIpc) is 2.85. The van der Waals surface area contributed by atoms with E-state index >= 15 is 0 Å². The highest BCUT2D eigenvalue weighted by Crippen LogP contribution is 2.26. The molecular weight excluding hydrogens is 220 g/mol. The summed E-state index contributed by atoms with van der Waals surface area (Å²) in [6.45, 7) is 4.05. The Morgan fingerprint density at radius 3 is 3.25 bits per heavy atom. The molecule has 1 fully saturated rings. The van der Waals surface area contributed by atoms with Gasteiger partial charge >= 0.3 is 0 Å². The summed E-state index contributed by atoms with van der Waals surface area (Å²) >= 11 is 1.72. The van der Waals surface area contributed by atoms with E-state index in [9.17, 15) is 0 Å². The van der Waals surface area contributed by atoms with Crippen molar-refractivity contribution in [2.24, 2.45) is 0 Å². The first-order valence-corrected chi connectivity index (χ1v) is 6.37. The van der Waals surface area contributed by atoms with Gasteiger partial charge in [0.15, 0.2) is 0 Å². The molecule has 1 saturated heterocycles. The molecule has 1 aromatic carbocycles. The molecule has 0 aliphatic carbocycles. The minimum atomic E-state index is 0.325. The van der Waals surface area contributed by atoms with Crippen molar-refractivity contribution in [3.63, 3.8) is 0 Å². The number of hydrogen-bond donors (Lipinski definition) is 1. The van der Waals surface area contributed by atoms with Crippen LogP contribution in [-0.2, 0) is 0 Å². The van der Waals surface area contributed by atoms with Crippen molar-refractivity contribution in [3.8, 4) is 5.75 Å². The summed E-state index contributed by atoms with van der Waals surface area (Å²) in [5, 5.41) is 4.41. The third-order valence-corrected chi connectivity index (χ3v) is 3.72. The molecule has 4 heteroatoms.